The molecule has 2 aliphatic heterocycles. The maximum Gasteiger partial charge on any atom is 0.134 e. The zero-order valence-electron chi connectivity index (χ0n) is 13.9. The van der Waals surface area contributed by atoms with Gasteiger partial charge in [-0.25, -0.2) is 0 Å². The third-order valence-electron chi connectivity index (χ3n) is 5.11. The van der Waals surface area contributed by atoms with Gasteiger partial charge in [-0.2, -0.15) is 0 Å². The van der Waals surface area contributed by atoms with Crippen molar-refractivity contribution in [1.82, 2.24) is 15.1 Å². The Hall–Kier alpha value is -1.33. The van der Waals surface area contributed by atoms with Crippen LogP contribution in [0.5, 0.6) is 0 Å². The summed E-state index contributed by atoms with van der Waals surface area (Å²) in [6, 6.07) is 12.7. The molecule has 1 atom stereocenters. The van der Waals surface area contributed by atoms with E-state index in [0.29, 0.717) is 0 Å². The van der Waals surface area contributed by atoms with Crippen LogP contribution in [0.3, 0.4) is 0 Å². The van der Waals surface area contributed by atoms with Crippen molar-refractivity contribution >= 4 is 11.6 Å². The molecule has 1 N–H and O–H groups in total. The maximum absolute atomic E-state index is 6.07. The predicted molar refractivity (Wildman–Crippen MR) is 97.3 cm³/mol. The second kappa shape index (κ2) is 7.28. The first-order valence-electron chi connectivity index (χ1n) is 8.80. The van der Waals surface area contributed by atoms with Gasteiger partial charge in [-0.3, -0.25) is 9.80 Å². The average Bonchev–Trinajstić information content (AvgIpc) is 3.27. The van der Waals surface area contributed by atoms with Crippen LogP contribution in [0.4, 0.5) is 0 Å². The molecule has 0 bridgehead atoms. The van der Waals surface area contributed by atoms with Crippen molar-refractivity contribution in [2.24, 2.45) is 0 Å². The summed E-state index contributed by atoms with van der Waals surface area (Å²) in [7, 11) is 0. The van der Waals surface area contributed by atoms with Crippen LogP contribution < -0.4 is 5.32 Å². The molecule has 0 aliphatic carbocycles. The first-order chi connectivity index (χ1) is 11.8. The van der Waals surface area contributed by atoms with E-state index >= 15 is 0 Å². The van der Waals surface area contributed by atoms with Gasteiger partial charge < -0.3 is 9.73 Å². The van der Waals surface area contributed by atoms with Gasteiger partial charge in [0.05, 0.1) is 6.54 Å². The van der Waals surface area contributed by atoms with E-state index in [1.54, 1.807) is 0 Å². The van der Waals surface area contributed by atoms with E-state index in [2.05, 4.69) is 21.2 Å². The molecule has 0 amide bonds. The molecule has 128 valence electrons. The first-order valence-corrected chi connectivity index (χ1v) is 9.17. The van der Waals surface area contributed by atoms with E-state index < -0.39 is 0 Å². The zero-order valence-corrected chi connectivity index (χ0v) is 14.6. The molecular weight excluding hydrogens is 322 g/mol. The van der Waals surface area contributed by atoms with Crippen LogP contribution in [-0.2, 0) is 6.54 Å². The van der Waals surface area contributed by atoms with Gasteiger partial charge in [0.15, 0.2) is 0 Å². The van der Waals surface area contributed by atoms with Crippen molar-refractivity contribution in [3.63, 3.8) is 0 Å². The third kappa shape index (κ3) is 3.67. The fourth-order valence-electron chi connectivity index (χ4n) is 3.72. The van der Waals surface area contributed by atoms with Gasteiger partial charge in [0, 0.05) is 49.4 Å². The van der Waals surface area contributed by atoms with Crippen LogP contribution in [0.25, 0.3) is 11.3 Å². The van der Waals surface area contributed by atoms with Crippen molar-refractivity contribution in [3.8, 4) is 11.3 Å². The van der Waals surface area contributed by atoms with E-state index in [1.165, 1.54) is 13.0 Å². The molecule has 1 aromatic carbocycles. The van der Waals surface area contributed by atoms with Crippen LogP contribution in [0.2, 0.25) is 5.02 Å². The summed E-state index contributed by atoms with van der Waals surface area (Å²) in [5, 5.41) is 4.20. The fraction of sp³-hybridized carbons (Fsp3) is 0.474. The minimum absolute atomic E-state index is 0.739. The third-order valence-corrected chi connectivity index (χ3v) is 5.34. The summed E-state index contributed by atoms with van der Waals surface area (Å²) < 4.78 is 6.03. The van der Waals surface area contributed by atoms with Crippen LogP contribution in [-0.4, -0.2) is 55.1 Å². The highest BCUT2D eigenvalue weighted by atomic mass is 35.5. The topological polar surface area (TPSA) is 31.6 Å². The van der Waals surface area contributed by atoms with Crippen LogP contribution >= 0.6 is 11.6 Å². The molecule has 2 aliphatic rings. The Morgan fingerprint density at radius 3 is 2.75 bits per heavy atom. The number of furan rings is 1. The largest absolute Gasteiger partial charge is 0.460 e. The van der Waals surface area contributed by atoms with E-state index in [1.807, 2.05) is 30.3 Å². The number of nitrogens with zero attached hydrogens (tertiary/aromatic N) is 2. The smallest absolute Gasteiger partial charge is 0.134 e. The van der Waals surface area contributed by atoms with Crippen molar-refractivity contribution in [3.05, 3.63) is 47.2 Å². The van der Waals surface area contributed by atoms with Crippen molar-refractivity contribution in [2.45, 2.75) is 19.0 Å². The lowest BCUT2D eigenvalue weighted by Crippen LogP contribution is -2.50. The number of hydrogen-bond acceptors (Lipinski definition) is 4. The lowest BCUT2D eigenvalue weighted by Gasteiger charge is -2.37. The maximum atomic E-state index is 6.07. The SMILES string of the molecule is Clc1cccc(-c2ccc(CN3CCN([C@@H]4CCNC4)CC3)o2)c1. The predicted octanol–water partition coefficient (Wildman–Crippen LogP) is 3.08. The average molecular weight is 346 g/mol. The number of piperazine rings is 1. The molecule has 0 saturated carbocycles. The Morgan fingerprint density at radius 2 is 2.00 bits per heavy atom. The quantitative estimate of drug-likeness (QED) is 0.922. The molecule has 1 aromatic heterocycles. The summed E-state index contributed by atoms with van der Waals surface area (Å²) in [6.45, 7) is 7.76. The van der Waals surface area contributed by atoms with E-state index in [0.717, 1.165) is 67.4 Å². The summed E-state index contributed by atoms with van der Waals surface area (Å²) in [4.78, 5) is 5.12. The molecule has 0 unspecified atom stereocenters. The molecule has 4 rings (SSSR count). The minimum atomic E-state index is 0.739. The van der Waals surface area contributed by atoms with Gasteiger partial charge in [-0.05, 0) is 37.2 Å². The van der Waals surface area contributed by atoms with Gasteiger partial charge in [0.1, 0.15) is 11.5 Å². The Morgan fingerprint density at radius 1 is 1.12 bits per heavy atom. The molecule has 0 spiro atoms. The van der Waals surface area contributed by atoms with Crippen molar-refractivity contribution in [1.29, 1.82) is 0 Å². The lowest BCUT2D eigenvalue weighted by atomic mass is 10.2. The van der Waals surface area contributed by atoms with Gasteiger partial charge >= 0.3 is 0 Å². The van der Waals surface area contributed by atoms with E-state index in [-0.39, 0.29) is 0 Å². The van der Waals surface area contributed by atoms with Gasteiger partial charge in [0.25, 0.3) is 0 Å². The summed E-state index contributed by atoms with van der Waals surface area (Å²) in [5.41, 5.74) is 1.03. The van der Waals surface area contributed by atoms with Gasteiger partial charge in [0.2, 0.25) is 0 Å². The summed E-state index contributed by atoms with van der Waals surface area (Å²) in [6.07, 6.45) is 1.29. The van der Waals surface area contributed by atoms with Crippen molar-refractivity contribution < 1.29 is 4.42 Å². The van der Waals surface area contributed by atoms with E-state index in [9.17, 15) is 0 Å². The molecular formula is C19H24ClN3O. The number of benzene rings is 1. The first kappa shape index (κ1) is 16.2. The van der Waals surface area contributed by atoms with Crippen molar-refractivity contribution in [2.75, 3.05) is 39.3 Å². The van der Waals surface area contributed by atoms with Crippen LogP contribution in [0.1, 0.15) is 12.2 Å². The molecule has 4 nitrogen and oxygen atoms in total. The second-order valence-electron chi connectivity index (χ2n) is 6.74. The standard InChI is InChI=1S/C19H24ClN3O/c20-16-3-1-2-15(12-16)19-5-4-18(24-19)14-22-8-10-23(11-9-22)17-6-7-21-13-17/h1-5,12,17,21H,6-11,13-14H2/t17-/m1/s1. The minimum Gasteiger partial charge on any atom is -0.460 e. The molecule has 2 saturated heterocycles. The molecule has 2 fully saturated rings. The highest BCUT2D eigenvalue weighted by Crippen LogP contribution is 2.25. The monoisotopic (exact) mass is 345 g/mol. The zero-order chi connectivity index (χ0) is 16.4. The lowest BCUT2D eigenvalue weighted by molar-refractivity contribution is 0.0938. The molecule has 0 radical (unpaired) electrons. The number of nitrogens with one attached hydrogen (secondary N) is 1. The number of halogens is 1. The molecule has 2 aromatic rings. The highest BCUT2D eigenvalue weighted by molar-refractivity contribution is 6.30. The molecule has 24 heavy (non-hydrogen) atoms. The van der Waals surface area contributed by atoms with Crippen LogP contribution in [0.15, 0.2) is 40.8 Å². The molecule has 3 heterocycles. The normalized spacial score (nSPS) is 23.0. The summed E-state index contributed by atoms with van der Waals surface area (Å²) in [5.74, 6) is 1.92. The number of hydrogen-bond donors (Lipinski definition) is 1. The van der Waals surface area contributed by atoms with Gasteiger partial charge in [-0.15, -0.1) is 0 Å². The van der Waals surface area contributed by atoms with Crippen LogP contribution in [0, 0.1) is 0 Å². The molecule has 5 heteroatoms. The Kier molecular flexibility index (Phi) is 4.90. The second-order valence-corrected chi connectivity index (χ2v) is 7.17. The Balaban J connectivity index is 1.33. The fourth-order valence-corrected chi connectivity index (χ4v) is 3.91. The Labute approximate surface area is 148 Å². The van der Waals surface area contributed by atoms with Gasteiger partial charge in [-0.1, -0.05) is 23.7 Å². The highest BCUT2D eigenvalue weighted by Gasteiger charge is 2.26. The van der Waals surface area contributed by atoms with E-state index in [4.69, 9.17) is 16.0 Å². The number of rotatable bonds is 4. The Bertz CT molecular complexity index is 673. The summed E-state index contributed by atoms with van der Waals surface area (Å²) >= 11 is 6.07.